The first kappa shape index (κ1) is 11.0. The SMILES string of the molecule is CCC(C)(C)C1CCC(O)C(C)C1. The molecule has 0 bridgehead atoms. The van der Waals surface area contributed by atoms with E-state index in [0.717, 1.165) is 12.3 Å². The van der Waals surface area contributed by atoms with Gasteiger partial charge >= 0.3 is 0 Å². The van der Waals surface area contributed by atoms with Crippen molar-refractivity contribution in [1.82, 2.24) is 0 Å². The highest BCUT2D eigenvalue weighted by atomic mass is 16.3. The Labute approximate surface area is 82.5 Å². The van der Waals surface area contributed by atoms with E-state index in [2.05, 4.69) is 27.7 Å². The van der Waals surface area contributed by atoms with Crippen molar-refractivity contribution >= 4 is 0 Å². The Kier molecular flexibility index (Phi) is 3.39. The number of hydrogen-bond donors (Lipinski definition) is 1. The van der Waals surface area contributed by atoms with Gasteiger partial charge in [0.15, 0.2) is 0 Å². The Balaban J connectivity index is 2.55. The fourth-order valence-electron chi connectivity index (χ4n) is 2.38. The third-order valence-electron chi connectivity index (χ3n) is 4.14. The average Bonchev–Trinajstić information content (AvgIpc) is 2.09. The van der Waals surface area contributed by atoms with E-state index in [1.165, 1.54) is 19.3 Å². The average molecular weight is 184 g/mol. The molecule has 1 fully saturated rings. The van der Waals surface area contributed by atoms with Crippen LogP contribution >= 0.6 is 0 Å². The van der Waals surface area contributed by atoms with Crippen molar-refractivity contribution in [1.29, 1.82) is 0 Å². The molecular formula is C12H24O. The summed E-state index contributed by atoms with van der Waals surface area (Å²) in [5.41, 5.74) is 0.467. The second-order valence-electron chi connectivity index (χ2n) is 5.40. The maximum absolute atomic E-state index is 9.63. The molecule has 0 radical (unpaired) electrons. The highest BCUT2D eigenvalue weighted by Crippen LogP contribution is 2.42. The van der Waals surface area contributed by atoms with Gasteiger partial charge in [-0.15, -0.1) is 0 Å². The highest BCUT2D eigenvalue weighted by Gasteiger charge is 2.34. The van der Waals surface area contributed by atoms with E-state index in [0.29, 0.717) is 11.3 Å². The minimum atomic E-state index is -0.0380. The zero-order chi connectivity index (χ0) is 10.1. The van der Waals surface area contributed by atoms with Crippen LogP contribution in [0, 0.1) is 17.3 Å². The molecule has 13 heavy (non-hydrogen) atoms. The van der Waals surface area contributed by atoms with E-state index >= 15 is 0 Å². The topological polar surface area (TPSA) is 20.2 Å². The minimum Gasteiger partial charge on any atom is -0.393 e. The molecule has 1 saturated carbocycles. The maximum atomic E-state index is 9.63. The first-order valence-electron chi connectivity index (χ1n) is 5.65. The molecule has 1 aliphatic rings. The van der Waals surface area contributed by atoms with Gasteiger partial charge in [0, 0.05) is 0 Å². The molecule has 0 amide bonds. The third kappa shape index (κ3) is 2.46. The molecule has 3 atom stereocenters. The van der Waals surface area contributed by atoms with Crippen LogP contribution < -0.4 is 0 Å². The van der Waals surface area contributed by atoms with Crippen LogP contribution in [-0.4, -0.2) is 11.2 Å². The molecule has 3 unspecified atom stereocenters. The zero-order valence-corrected chi connectivity index (χ0v) is 9.51. The standard InChI is InChI=1S/C12H24O/c1-5-12(3,4)10-6-7-11(13)9(2)8-10/h9-11,13H,5-8H2,1-4H3. The van der Waals surface area contributed by atoms with E-state index in [1.807, 2.05) is 0 Å². The van der Waals surface area contributed by atoms with Crippen molar-refractivity contribution in [3.8, 4) is 0 Å². The van der Waals surface area contributed by atoms with Crippen molar-refractivity contribution in [2.75, 3.05) is 0 Å². The van der Waals surface area contributed by atoms with Gasteiger partial charge in [-0.2, -0.15) is 0 Å². The van der Waals surface area contributed by atoms with Crippen molar-refractivity contribution in [3.63, 3.8) is 0 Å². The largest absolute Gasteiger partial charge is 0.393 e. The van der Waals surface area contributed by atoms with Crippen molar-refractivity contribution in [3.05, 3.63) is 0 Å². The lowest BCUT2D eigenvalue weighted by Crippen LogP contribution is -2.34. The van der Waals surface area contributed by atoms with Gasteiger partial charge < -0.3 is 5.11 Å². The lowest BCUT2D eigenvalue weighted by molar-refractivity contribution is 0.0212. The Morgan fingerprint density at radius 2 is 1.92 bits per heavy atom. The second kappa shape index (κ2) is 4.00. The number of rotatable bonds is 2. The summed E-state index contributed by atoms with van der Waals surface area (Å²) in [6, 6.07) is 0. The Bertz CT molecular complexity index is 163. The summed E-state index contributed by atoms with van der Waals surface area (Å²) < 4.78 is 0. The van der Waals surface area contributed by atoms with E-state index in [4.69, 9.17) is 0 Å². The smallest absolute Gasteiger partial charge is 0.0566 e. The summed E-state index contributed by atoms with van der Waals surface area (Å²) in [6.45, 7) is 9.18. The van der Waals surface area contributed by atoms with Crippen molar-refractivity contribution in [2.24, 2.45) is 17.3 Å². The van der Waals surface area contributed by atoms with Crippen LogP contribution in [0.25, 0.3) is 0 Å². The van der Waals surface area contributed by atoms with Crippen LogP contribution in [0.15, 0.2) is 0 Å². The number of hydrogen-bond acceptors (Lipinski definition) is 1. The summed E-state index contributed by atoms with van der Waals surface area (Å²) in [4.78, 5) is 0. The lowest BCUT2D eigenvalue weighted by Gasteiger charge is -2.40. The highest BCUT2D eigenvalue weighted by molar-refractivity contribution is 4.85. The van der Waals surface area contributed by atoms with Gasteiger partial charge in [0.2, 0.25) is 0 Å². The van der Waals surface area contributed by atoms with Crippen LogP contribution in [-0.2, 0) is 0 Å². The van der Waals surface area contributed by atoms with Crippen LogP contribution in [0.3, 0.4) is 0 Å². The maximum Gasteiger partial charge on any atom is 0.0566 e. The van der Waals surface area contributed by atoms with Gasteiger partial charge in [-0.1, -0.05) is 34.1 Å². The third-order valence-corrected chi connectivity index (χ3v) is 4.14. The number of aliphatic hydroxyl groups is 1. The Morgan fingerprint density at radius 3 is 2.38 bits per heavy atom. The molecule has 0 aliphatic heterocycles. The second-order valence-corrected chi connectivity index (χ2v) is 5.40. The van der Waals surface area contributed by atoms with E-state index < -0.39 is 0 Å². The summed E-state index contributed by atoms with van der Waals surface area (Å²) in [5.74, 6) is 1.32. The van der Waals surface area contributed by atoms with Crippen LogP contribution in [0.4, 0.5) is 0 Å². The molecule has 1 heteroatoms. The first-order chi connectivity index (χ1) is 5.97. The van der Waals surface area contributed by atoms with Crippen LogP contribution in [0.1, 0.15) is 53.4 Å². The molecule has 0 aromatic carbocycles. The molecular weight excluding hydrogens is 160 g/mol. The quantitative estimate of drug-likeness (QED) is 0.698. The summed E-state index contributed by atoms with van der Waals surface area (Å²) in [6.07, 6.45) is 4.65. The van der Waals surface area contributed by atoms with Crippen LogP contribution in [0.2, 0.25) is 0 Å². The van der Waals surface area contributed by atoms with E-state index in [-0.39, 0.29) is 6.10 Å². The Hall–Kier alpha value is -0.0400. The van der Waals surface area contributed by atoms with Gasteiger partial charge in [-0.3, -0.25) is 0 Å². The molecule has 1 rings (SSSR count). The summed E-state index contributed by atoms with van der Waals surface area (Å²) in [7, 11) is 0. The molecule has 0 aromatic rings. The monoisotopic (exact) mass is 184 g/mol. The normalized spacial score (nSPS) is 36.2. The molecule has 1 N–H and O–H groups in total. The molecule has 1 aliphatic carbocycles. The van der Waals surface area contributed by atoms with Gasteiger partial charge in [0.1, 0.15) is 0 Å². The Morgan fingerprint density at radius 1 is 1.31 bits per heavy atom. The molecule has 0 aromatic heterocycles. The predicted octanol–water partition coefficient (Wildman–Crippen LogP) is 3.22. The first-order valence-corrected chi connectivity index (χ1v) is 5.65. The molecule has 0 saturated heterocycles. The van der Waals surface area contributed by atoms with Gasteiger partial charge in [0.05, 0.1) is 6.10 Å². The lowest BCUT2D eigenvalue weighted by atomic mass is 9.66. The van der Waals surface area contributed by atoms with E-state index in [1.54, 1.807) is 0 Å². The van der Waals surface area contributed by atoms with E-state index in [9.17, 15) is 5.11 Å². The van der Waals surface area contributed by atoms with Gasteiger partial charge in [0.25, 0.3) is 0 Å². The van der Waals surface area contributed by atoms with Gasteiger partial charge in [-0.25, -0.2) is 0 Å². The summed E-state index contributed by atoms with van der Waals surface area (Å²) in [5, 5.41) is 9.63. The number of aliphatic hydroxyl groups excluding tert-OH is 1. The predicted molar refractivity (Wildman–Crippen MR) is 56.6 cm³/mol. The van der Waals surface area contributed by atoms with Crippen molar-refractivity contribution < 1.29 is 5.11 Å². The molecule has 78 valence electrons. The zero-order valence-electron chi connectivity index (χ0n) is 9.51. The summed E-state index contributed by atoms with van der Waals surface area (Å²) >= 11 is 0. The molecule has 1 nitrogen and oxygen atoms in total. The van der Waals surface area contributed by atoms with Crippen molar-refractivity contribution in [2.45, 2.75) is 59.5 Å². The minimum absolute atomic E-state index is 0.0380. The molecule has 0 heterocycles. The van der Waals surface area contributed by atoms with Gasteiger partial charge in [-0.05, 0) is 36.5 Å². The fourth-order valence-corrected chi connectivity index (χ4v) is 2.38. The van der Waals surface area contributed by atoms with Crippen LogP contribution in [0.5, 0.6) is 0 Å². The fraction of sp³-hybridized carbons (Fsp3) is 1.00. The molecule has 0 spiro atoms.